The van der Waals surface area contributed by atoms with Gasteiger partial charge < -0.3 is 14.6 Å². The number of carbonyl (C=O) groups excluding carboxylic acids is 1. The van der Waals surface area contributed by atoms with E-state index in [4.69, 9.17) is 4.74 Å². The first kappa shape index (κ1) is 23.6. The second-order valence-electron chi connectivity index (χ2n) is 8.10. The Balaban J connectivity index is 1.37. The zero-order valence-electron chi connectivity index (χ0n) is 19.9. The molecule has 2 heterocycles. The highest BCUT2D eigenvalue weighted by atomic mass is 32.2. The van der Waals surface area contributed by atoms with Crippen LogP contribution < -0.4 is 15.7 Å². The standard InChI is InChI=1S/C24H28N6O3S/c1-6-16-7-10-18(11-8-16)33-15(2)22-26-27-23(30(22)5)34-14-21(31)25-17-9-12-19-20(13-17)29(4)24(32)28(19)3/h7-13,15H,6,14H2,1-5H3,(H,25,31)/t15-/m1/s1. The van der Waals surface area contributed by atoms with Crippen molar-refractivity contribution in [3.63, 3.8) is 0 Å². The Bertz CT molecular complexity index is 1390. The quantitative estimate of drug-likeness (QED) is 0.388. The Morgan fingerprint density at radius 1 is 1.03 bits per heavy atom. The van der Waals surface area contributed by atoms with E-state index < -0.39 is 0 Å². The minimum Gasteiger partial charge on any atom is -0.483 e. The van der Waals surface area contributed by atoms with Gasteiger partial charge in [-0.25, -0.2) is 4.79 Å². The zero-order chi connectivity index (χ0) is 24.4. The maximum absolute atomic E-state index is 12.5. The minimum atomic E-state index is -0.294. The van der Waals surface area contributed by atoms with Crippen LogP contribution in [0.4, 0.5) is 5.69 Å². The molecule has 0 aliphatic carbocycles. The van der Waals surface area contributed by atoms with E-state index in [2.05, 4.69) is 22.4 Å². The Hall–Kier alpha value is -3.53. The first-order valence-electron chi connectivity index (χ1n) is 11.0. The summed E-state index contributed by atoms with van der Waals surface area (Å²) >= 11 is 1.30. The zero-order valence-corrected chi connectivity index (χ0v) is 20.7. The average Bonchev–Trinajstić information content (AvgIpc) is 3.30. The van der Waals surface area contributed by atoms with Crippen LogP contribution >= 0.6 is 11.8 Å². The van der Waals surface area contributed by atoms with Gasteiger partial charge in [0.25, 0.3) is 0 Å². The SMILES string of the molecule is CCc1ccc(O[C@H](C)c2nnc(SCC(=O)Nc3ccc4c(c3)n(C)c(=O)n4C)n2C)cc1. The van der Waals surface area contributed by atoms with Gasteiger partial charge in [0.2, 0.25) is 5.91 Å². The molecule has 1 N–H and O–H groups in total. The number of benzene rings is 2. The number of hydrogen-bond donors (Lipinski definition) is 1. The van der Waals surface area contributed by atoms with Gasteiger partial charge in [-0.05, 0) is 49.2 Å². The average molecular weight is 481 g/mol. The van der Waals surface area contributed by atoms with Crippen LogP contribution in [0.25, 0.3) is 11.0 Å². The number of hydrogen-bond acceptors (Lipinski definition) is 6. The van der Waals surface area contributed by atoms with Crippen LogP contribution in [0, 0.1) is 0 Å². The summed E-state index contributed by atoms with van der Waals surface area (Å²) < 4.78 is 11.0. The molecule has 0 bridgehead atoms. The van der Waals surface area contributed by atoms with Gasteiger partial charge in [-0.3, -0.25) is 13.9 Å². The largest absolute Gasteiger partial charge is 0.483 e. The smallest absolute Gasteiger partial charge is 0.328 e. The Morgan fingerprint density at radius 2 is 1.74 bits per heavy atom. The van der Waals surface area contributed by atoms with E-state index in [1.165, 1.54) is 17.3 Å². The normalized spacial score (nSPS) is 12.1. The van der Waals surface area contributed by atoms with Crippen molar-refractivity contribution in [3.05, 3.63) is 64.3 Å². The summed E-state index contributed by atoms with van der Waals surface area (Å²) in [7, 11) is 5.30. The third-order valence-electron chi connectivity index (χ3n) is 5.76. The summed E-state index contributed by atoms with van der Waals surface area (Å²) in [5.74, 6) is 1.45. The minimum absolute atomic E-state index is 0.108. The van der Waals surface area contributed by atoms with Gasteiger partial charge in [-0.2, -0.15) is 0 Å². The summed E-state index contributed by atoms with van der Waals surface area (Å²) in [5, 5.41) is 12.0. The second-order valence-corrected chi connectivity index (χ2v) is 9.04. The van der Waals surface area contributed by atoms with Crippen LogP contribution in [-0.2, 0) is 32.4 Å². The molecule has 2 aromatic heterocycles. The van der Waals surface area contributed by atoms with Gasteiger partial charge in [0, 0.05) is 26.8 Å². The molecule has 4 aromatic rings. The molecule has 0 aliphatic rings. The molecule has 1 amide bonds. The molecule has 0 saturated carbocycles. The summed E-state index contributed by atoms with van der Waals surface area (Å²) in [5.41, 5.74) is 3.35. The van der Waals surface area contributed by atoms with Crippen molar-refractivity contribution in [2.24, 2.45) is 21.1 Å². The highest BCUT2D eigenvalue weighted by Crippen LogP contribution is 2.24. The highest BCUT2D eigenvalue weighted by molar-refractivity contribution is 7.99. The lowest BCUT2D eigenvalue weighted by Crippen LogP contribution is -2.19. The van der Waals surface area contributed by atoms with Crippen molar-refractivity contribution in [1.82, 2.24) is 23.9 Å². The number of aryl methyl sites for hydroxylation is 3. The van der Waals surface area contributed by atoms with Gasteiger partial charge in [-0.1, -0.05) is 30.8 Å². The van der Waals surface area contributed by atoms with Crippen molar-refractivity contribution in [3.8, 4) is 5.75 Å². The lowest BCUT2D eigenvalue weighted by Gasteiger charge is -2.14. The van der Waals surface area contributed by atoms with Crippen LogP contribution in [0.15, 0.2) is 52.4 Å². The van der Waals surface area contributed by atoms with Gasteiger partial charge in [0.1, 0.15) is 5.75 Å². The van der Waals surface area contributed by atoms with Crippen molar-refractivity contribution < 1.29 is 9.53 Å². The summed E-state index contributed by atoms with van der Waals surface area (Å²) in [6, 6.07) is 13.4. The van der Waals surface area contributed by atoms with Gasteiger partial charge in [0.05, 0.1) is 16.8 Å². The Morgan fingerprint density at radius 3 is 2.44 bits per heavy atom. The monoisotopic (exact) mass is 480 g/mol. The van der Waals surface area contributed by atoms with E-state index in [0.717, 1.165) is 23.2 Å². The van der Waals surface area contributed by atoms with E-state index in [9.17, 15) is 9.59 Å². The maximum atomic E-state index is 12.5. The topological polar surface area (TPSA) is 96.0 Å². The summed E-state index contributed by atoms with van der Waals surface area (Å²) in [6.45, 7) is 4.04. The van der Waals surface area contributed by atoms with E-state index in [1.807, 2.05) is 48.9 Å². The molecule has 178 valence electrons. The van der Waals surface area contributed by atoms with E-state index in [0.29, 0.717) is 16.7 Å². The number of imidazole rings is 1. The lowest BCUT2D eigenvalue weighted by atomic mass is 10.2. The summed E-state index contributed by atoms with van der Waals surface area (Å²) in [4.78, 5) is 24.6. The number of thioether (sulfide) groups is 1. The number of nitrogens with one attached hydrogen (secondary N) is 1. The van der Waals surface area contributed by atoms with E-state index in [-0.39, 0.29) is 23.5 Å². The van der Waals surface area contributed by atoms with Crippen LogP contribution in [-0.4, -0.2) is 35.6 Å². The van der Waals surface area contributed by atoms with Crippen LogP contribution in [0.5, 0.6) is 5.75 Å². The van der Waals surface area contributed by atoms with Gasteiger partial charge >= 0.3 is 5.69 Å². The number of nitrogens with zero attached hydrogens (tertiary/aromatic N) is 5. The molecule has 9 nitrogen and oxygen atoms in total. The lowest BCUT2D eigenvalue weighted by molar-refractivity contribution is -0.113. The molecular formula is C24H28N6O3S. The fourth-order valence-electron chi connectivity index (χ4n) is 3.78. The van der Waals surface area contributed by atoms with Crippen molar-refractivity contribution in [2.75, 3.05) is 11.1 Å². The number of anilines is 1. The Labute approximate surface area is 201 Å². The number of fused-ring (bicyclic) bond motifs is 1. The number of carbonyl (C=O) groups is 1. The van der Waals surface area contributed by atoms with Crippen molar-refractivity contribution in [2.45, 2.75) is 31.5 Å². The number of rotatable bonds is 8. The molecule has 1 atom stereocenters. The third-order valence-corrected chi connectivity index (χ3v) is 6.78. The van der Waals surface area contributed by atoms with Crippen LogP contribution in [0.3, 0.4) is 0 Å². The molecule has 0 fully saturated rings. The fourth-order valence-corrected chi connectivity index (χ4v) is 4.50. The second kappa shape index (κ2) is 9.76. The first-order valence-corrected chi connectivity index (χ1v) is 12.0. The van der Waals surface area contributed by atoms with Gasteiger partial charge in [0.15, 0.2) is 17.1 Å². The predicted octanol–water partition coefficient (Wildman–Crippen LogP) is 3.44. The fraction of sp³-hybridized carbons (Fsp3) is 0.333. The van der Waals surface area contributed by atoms with E-state index >= 15 is 0 Å². The highest BCUT2D eigenvalue weighted by Gasteiger charge is 2.18. The molecule has 34 heavy (non-hydrogen) atoms. The molecule has 4 rings (SSSR count). The number of amides is 1. The third kappa shape index (κ3) is 4.72. The maximum Gasteiger partial charge on any atom is 0.328 e. The molecule has 0 spiro atoms. The van der Waals surface area contributed by atoms with E-state index in [1.54, 1.807) is 35.4 Å². The van der Waals surface area contributed by atoms with Crippen LogP contribution in [0.2, 0.25) is 0 Å². The molecule has 2 aromatic carbocycles. The van der Waals surface area contributed by atoms with Crippen molar-refractivity contribution in [1.29, 1.82) is 0 Å². The molecular weight excluding hydrogens is 452 g/mol. The molecule has 0 radical (unpaired) electrons. The van der Waals surface area contributed by atoms with Crippen LogP contribution in [0.1, 0.15) is 31.3 Å². The first-order chi connectivity index (χ1) is 16.3. The predicted molar refractivity (Wildman–Crippen MR) is 133 cm³/mol. The molecule has 0 saturated heterocycles. The van der Waals surface area contributed by atoms with Gasteiger partial charge in [-0.15, -0.1) is 10.2 Å². The molecule has 0 aliphatic heterocycles. The number of ether oxygens (including phenoxy) is 1. The molecule has 10 heteroatoms. The number of aromatic nitrogens is 5. The molecule has 0 unspecified atom stereocenters. The summed E-state index contributed by atoms with van der Waals surface area (Å²) in [6.07, 6.45) is 0.686. The Kier molecular flexibility index (Phi) is 6.78. The van der Waals surface area contributed by atoms with Crippen molar-refractivity contribution >= 4 is 34.4 Å².